The number of fused-ring (bicyclic) bond motifs is 4. The molecule has 5 aromatic rings. The Balaban J connectivity index is 0.000000138. The van der Waals surface area contributed by atoms with Gasteiger partial charge in [0, 0.05) is 46.8 Å². The lowest BCUT2D eigenvalue weighted by Gasteiger charge is -2.26. The summed E-state index contributed by atoms with van der Waals surface area (Å²) < 4.78 is 4.94. The molecule has 2 N–H and O–H groups in total. The zero-order valence-corrected chi connectivity index (χ0v) is 25.4. The van der Waals surface area contributed by atoms with E-state index >= 15 is 0 Å². The minimum atomic E-state index is -1.54. The topological polar surface area (TPSA) is 110 Å². The fourth-order valence-electron chi connectivity index (χ4n) is 5.58. The number of halogens is 2. The van der Waals surface area contributed by atoms with Gasteiger partial charge in [-0.3, -0.25) is 4.98 Å². The van der Waals surface area contributed by atoms with Gasteiger partial charge in [-0.15, -0.1) is 10.2 Å². The van der Waals surface area contributed by atoms with Crippen LogP contribution in [0.15, 0.2) is 73.1 Å². The Labute approximate surface area is 265 Å². The van der Waals surface area contributed by atoms with Crippen LogP contribution in [0.2, 0.25) is 10.0 Å². The van der Waals surface area contributed by atoms with Crippen molar-refractivity contribution in [3.63, 3.8) is 0 Å². The molecule has 0 saturated carbocycles. The third kappa shape index (κ3) is 6.52. The summed E-state index contributed by atoms with van der Waals surface area (Å²) in [5.74, 6) is 6.49. The van der Waals surface area contributed by atoms with Gasteiger partial charge in [0.1, 0.15) is 5.69 Å². The molecule has 0 amide bonds. The second-order valence-corrected chi connectivity index (χ2v) is 11.5. The number of aliphatic hydroxyl groups is 1. The molecule has 0 radical (unpaired) electrons. The van der Waals surface area contributed by atoms with Crippen LogP contribution in [0.4, 0.5) is 0 Å². The summed E-state index contributed by atoms with van der Waals surface area (Å²) in [6, 6.07) is 19.2. The molecule has 8 nitrogen and oxygen atoms in total. The summed E-state index contributed by atoms with van der Waals surface area (Å²) in [6.45, 7) is 2.00. The average Bonchev–Trinajstić information content (AvgIpc) is 3.79. The summed E-state index contributed by atoms with van der Waals surface area (Å²) in [4.78, 5) is 8.72. The SMILES string of the molecule is C1CCOC1.Clc1ccc2c(c1)CCc1cccnc1C#C2.OC1(c2nn[nH]n2)c2ccc(Cl)cc2CCc2cccnc21. The molecule has 1 unspecified atom stereocenters. The second-order valence-electron chi connectivity index (χ2n) is 10.6. The third-order valence-corrected chi connectivity index (χ3v) is 8.26. The molecule has 1 aliphatic heterocycles. The number of rotatable bonds is 1. The Bertz CT molecular complexity index is 1810. The molecular formula is C34H30Cl2N6O2. The molecule has 3 aromatic heterocycles. The number of aryl methyl sites for hydroxylation is 4. The normalized spacial score (nSPS) is 17.6. The Morgan fingerprint density at radius 1 is 0.773 bits per heavy atom. The molecule has 10 heteroatoms. The highest BCUT2D eigenvalue weighted by molar-refractivity contribution is 6.31. The van der Waals surface area contributed by atoms with Crippen molar-refractivity contribution in [2.75, 3.05) is 13.2 Å². The Kier molecular flexibility index (Phi) is 9.29. The summed E-state index contributed by atoms with van der Waals surface area (Å²) in [5, 5.41) is 26.9. The lowest BCUT2D eigenvalue weighted by Crippen LogP contribution is -2.32. The molecule has 222 valence electrons. The third-order valence-electron chi connectivity index (χ3n) is 7.79. The lowest BCUT2D eigenvalue weighted by molar-refractivity contribution is 0.110. The zero-order chi connectivity index (χ0) is 30.4. The first-order chi connectivity index (χ1) is 21.5. The maximum absolute atomic E-state index is 11.5. The number of hydrogen-bond acceptors (Lipinski definition) is 7. The molecule has 1 fully saturated rings. The summed E-state index contributed by atoms with van der Waals surface area (Å²) in [6.07, 6.45) is 9.45. The van der Waals surface area contributed by atoms with E-state index < -0.39 is 5.60 Å². The van der Waals surface area contributed by atoms with Crippen LogP contribution in [0.3, 0.4) is 0 Å². The van der Waals surface area contributed by atoms with Crippen molar-refractivity contribution in [3.05, 3.63) is 134 Å². The van der Waals surface area contributed by atoms with Gasteiger partial charge in [-0.1, -0.05) is 52.5 Å². The Morgan fingerprint density at radius 2 is 1.45 bits per heavy atom. The van der Waals surface area contributed by atoms with E-state index in [1.807, 2.05) is 42.5 Å². The van der Waals surface area contributed by atoms with E-state index in [1.165, 1.54) is 24.0 Å². The average molecular weight is 626 g/mol. The molecule has 1 saturated heterocycles. The van der Waals surface area contributed by atoms with Crippen LogP contribution in [0.25, 0.3) is 0 Å². The van der Waals surface area contributed by atoms with Crippen LogP contribution in [-0.2, 0) is 36.0 Å². The Hall–Kier alpha value is -4.13. The van der Waals surface area contributed by atoms with E-state index in [0.29, 0.717) is 16.3 Å². The first kappa shape index (κ1) is 29.9. The minimum Gasteiger partial charge on any atom is -0.381 e. The predicted octanol–water partition coefficient (Wildman–Crippen LogP) is 5.66. The monoisotopic (exact) mass is 624 g/mol. The van der Waals surface area contributed by atoms with Crippen molar-refractivity contribution in [2.45, 2.75) is 44.1 Å². The maximum Gasteiger partial charge on any atom is 0.216 e. The molecule has 1 atom stereocenters. The van der Waals surface area contributed by atoms with E-state index in [1.54, 1.807) is 24.5 Å². The van der Waals surface area contributed by atoms with Crippen LogP contribution in [-0.4, -0.2) is 48.9 Å². The summed E-state index contributed by atoms with van der Waals surface area (Å²) in [7, 11) is 0. The van der Waals surface area contributed by atoms with Crippen LogP contribution in [0.1, 0.15) is 63.4 Å². The number of H-pyrrole nitrogens is 1. The highest BCUT2D eigenvalue weighted by Crippen LogP contribution is 2.40. The zero-order valence-electron chi connectivity index (χ0n) is 23.9. The largest absolute Gasteiger partial charge is 0.381 e. The van der Waals surface area contributed by atoms with Crippen LogP contribution < -0.4 is 0 Å². The first-order valence-corrected chi connectivity index (χ1v) is 15.3. The lowest BCUT2D eigenvalue weighted by atomic mass is 9.86. The van der Waals surface area contributed by atoms with Gasteiger partial charge in [0.15, 0.2) is 5.60 Å². The quantitative estimate of drug-likeness (QED) is 0.232. The van der Waals surface area contributed by atoms with Crippen LogP contribution in [0, 0.1) is 11.8 Å². The molecular weight excluding hydrogens is 595 g/mol. The molecule has 2 aromatic carbocycles. The van der Waals surface area contributed by atoms with E-state index in [4.69, 9.17) is 27.9 Å². The second kappa shape index (κ2) is 13.7. The summed E-state index contributed by atoms with van der Waals surface area (Å²) >= 11 is 12.1. The fourth-order valence-corrected chi connectivity index (χ4v) is 5.97. The number of benzene rings is 2. The molecule has 3 aliphatic rings. The molecule has 8 rings (SSSR count). The van der Waals surface area contributed by atoms with Crippen LogP contribution >= 0.6 is 23.2 Å². The van der Waals surface area contributed by atoms with E-state index in [2.05, 4.69) is 48.5 Å². The van der Waals surface area contributed by atoms with Gasteiger partial charge >= 0.3 is 0 Å². The molecule has 0 spiro atoms. The Morgan fingerprint density at radius 3 is 2.20 bits per heavy atom. The van der Waals surface area contributed by atoms with Gasteiger partial charge < -0.3 is 9.84 Å². The highest BCUT2D eigenvalue weighted by atomic mass is 35.5. The highest BCUT2D eigenvalue weighted by Gasteiger charge is 2.44. The molecule has 0 bridgehead atoms. The number of aromatic nitrogens is 6. The maximum atomic E-state index is 11.5. The van der Waals surface area contributed by atoms with E-state index in [9.17, 15) is 5.11 Å². The van der Waals surface area contributed by atoms with Crippen molar-refractivity contribution in [1.82, 2.24) is 30.6 Å². The number of tetrazole rings is 1. The first-order valence-electron chi connectivity index (χ1n) is 14.5. The minimum absolute atomic E-state index is 0.179. The number of hydrogen-bond donors (Lipinski definition) is 2. The van der Waals surface area contributed by atoms with E-state index in [0.717, 1.165) is 66.3 Å². The van der Waals surface area contributed by atoms with Gasteiger partial charge in [-0.05, 0) is 109 Å². The molecule has 2 aliphatic carbocycles. The van der Waals surface area contributed by atoms with Crippen LogP contribution in [0.5, 0.6) is 0 Å². The van der Waals surface area contributed by atoms with Crippen molar-refractivity contribution in [3.8, 4) is 11.8 Å². The van der Waals surface area contributed by atoms with E-state index in [-0.39, 0.29) is 5.82 Å². The van der Waals surface area contributed by atoms with Gasteiger partial charge in [0.05, 0.1) is 5.69 Å². The predicted molar refractivity (Wildman–Crippen MR) is 169 cm³/mol. The van der Waals surface area contributed by atoms with Crippen molar-refractivity contribution >= 4 is 23.2 Å². The number of nitrogens with zero attached hydrogens (tertiary/aromatic N) is 5. The van der Waals surface area contributed by atoms with Gasteiger partial charge in [-0.2, -0.15) is 5.21 Å². The summed E-state index contributed by atoms with van der Waals surface area (Å²) in [5.41, 5.74) is 6.00. The van der Waals surface area contributed by atoms with Gasteiger partial charge in [0.2, 0.25) is 5.82 Å². The standard InChI is InChI=1S/C15H12ClN5O.C15H10ClN.C4H8O/c16-11-5-6-12-10(8-11)4-3-9-2-1-7-17-13(9)15(12,22)14-18-20-21-19-14;16-14-7-5-11-6-8-15-12(2-1-9-17-15)3-4-13(11)10-14;1-2-4-5-3-1/h1-2,5-8,22H,3-4H2,(H,18,19,20,21);1-2,5,7,9-10H,3-4H2;1-4H2. The molecule has 44 heavy (non-hydrogen) atoms. The molecule has 4 heterocycles. The smallest absolute Gasteiger partial charge is 0.216 e. The number of pyridine rings is 2. The fraction of sp³-hybridized carbons (Fsp3) is 0.265. The van der Waals surface area contributed by atoms with Crippen molar-refractivity contribution in [1.29, 1.82) is 0 Å². The number of aromatic amines is 1. The van der Waals surface area contributed by atoms with Gasteiger partial charge in [-0.25, -0.2) is 4.98 Å². The number of ether oxygens (including phenoxy) is 1. The van der Waals surface area contributed by atoms with Gasteiger partial charge in [0.25, 0.3) is 0 Å². The van der Waals surface area contributed by atoms with Crippen molar-refractivity contribution in [2.24, 2.45) is 0 Å². The van der Waals surface area contributed by atoms with Crippen molar-refractivity contribution < 1.29 is 9.84 Å². The number of nitrogens with one attached hydrogen (secondary N) is 1.